The van der Waals surface area contributed by atoms with Gasteiger partial charge in [-0.1, -0.05) is 90.2 Å². The van der Waals surface area contributed by atoms with Crippen LogP contribution in [0.15, 0.2) is 88.8 Å². The molecule has 3 heterocycles. The smallest absolute Gasteiger partial charge is 0.320 e. The van der Waals surface area contributed by atoms with Crippen LogP contribution in [0.3, 0.4) is 0 Å². The second-order valence-corrected chi connectivity index (χ2v) is 11.9. The Morgan fingerprint density at radius 2 is 1.70 bits per heavy atom. The number of urea groups is 1. The van der Waals surface area contributed by atoms with E-state index >= 15 is 0 Å². The van der Waals surface area contributed by atoms with Gasteiger partial charge in [0.2, 0.25) is 0 Å². The molecule has 2 amide bonds. The Morgan fingerprint density at radius 3 is 2.42 bits per heavy atom. The molecular formula is C31H37N7OS. The molecule has 0 radical (unpaired) electrons. The Balaban J connectivity index is 0.00000370. The number of fused-ring (bicyclic) bond motifs is 1. The summed E-state index contributed by atoms with van der Waals surface area (Å²) in [5.74, 6) is 1.82. The fraction of sp³-hybridized carbons (Fsp3) is 0.290. The summed E-state index contributed by atoms with van der Waals surface area (Å²) in [7, 11) is 0. The van der Waals surface area contributed by atoms with Crippen molar-refractivity contribution in [1.29, 1.82) is 0 Å². The highest BCUT2D eigenvalue weighted by Crippen LogP contribution is 2.31. The minimum Gasteiger partial charge on any atom is -0.334 e. The predicted octanol–water partition coefficient (Wildman–Crippen LogP) is 7.44. The van der Waals surface area contributed by atoms with Gasteiger partial charge >= 0.3 is 6.03 Å². The molecule has 0 atom stereocenters. The monoisotopic (exact) mass is 555 g/mol. The topological polar surface area (TPSA) is 89.1 Å². The van der Waals surface area contributed by atoms with Gasteiger partial charge in [0, 0.05) is 39.9 Å². The van der Waals surface area contributed by atoms with E-state index in [0.717, 1.165) is 38.2 Å². The average molecular weight is 556 g/mol. The van der Waals surface area contributed by atoms with Gasteiger partial charge in [-0.15, -0.1) is 10.2 Å². The number of hydrogen-bond donors (Lipinski definition) is 2. The van der Waals surface area contributed by atoms with E-state index < -0.39 is 0 Å². The zero-order valence-electron chi connectivity index (χ0n) is 22.8. The summed E-state index contributed by atoms with van der Waals surface area (Å²) in [6.45, 7) is 10.9. The highest BCUT2D eigenvalue weighted by atomic mass is 32.2. The third-order valence-electron chi connectivity index (χ3n) is 6.28. The standard InChI is InChI=1S/C30H33N7OS.CH4/c1-20(2)28-34-33-26-16-15-23(19-36(26)28)39-24-14-10-9-11-21(24)18-31-29(38)32-27-17-25(30(3,4)5)35-37(27)22-12-7-6-8-13-22;/h6-17,19-20H,18H2,1-5H3,(H2,31,32,38);1H4. The number of amides is 2. The van der Waals surface area contributed by atoms with Gasteiger partial charge in [0.15, 0.2) is 5.65 Å². The van der Waals surface area contributed by atoms with Gasteiger partial charge in [-0.3, -0.25) is 9.72 Å². The van der Waals surface area contributed by atoms with E-state index in [2.05, 4.69) is 67.7 Å². The third-order valence-corrected chi connectivity index (χ3v) is 7.37. The normalized spacial score (nSPS) is 11.4. The van der Waals surface area contributed by atoms with Crippen molar-refractivity contribution in [2.24, 2.45) is 0 Å². The summed E-state index contributed by atoms with van der Waals surface area (Å²) >= 11 is 1.65. The number of aromatic nitrogens is 5. The van der Waals surface area contributed by atoms with Crippen LogP contribution in [0.2, 0.25) is 0 Å². The molecule has 0 aliphatic heterocycles. The molecule has 0 aliphatic carbocycles. The molecular weight excluding hydrogens is 518 g/mol. The first-order chi connectivity index (χ1) is 18.7. The second kappa shape index (κ2) is 12.0. The molecule has 0 fully saturated rings. The third kappa shape index (κ3) is 6.37. The van der Waals surface area contributed by atoms with Gasteiger partial charge in [-0.05, 0) is 35.9 Å². The maximum atomic E-state index is 13.0. The zero-order valence-corrected chi connectivity index (χ0v) is 23.7. The molecule has 0 saturated carbocycles. The van der Waals surface area contributed by atoms with Crippen LogP contribution in [0.1, 0.15) is 65.0 Å². The van der Waals surface area contributed by atoms with Gasteiger partial charge < -0.3 is 5.32 Å². The van der Waals surface area contributed by atoms with E-state index in [1.54, 1.807) is 16.4 Å². The average Bonchev–Trinajstić information content (AvgIpc) is 3.53. The summed E-state index contributed by atoms with van der Waals surface area (Å²) in [4.78, 5) is 15.2. The van der Waals surface area contributed by atoms with Crippen LogP contribution in [0.4, 0.5) is 10.6 Å². The van der Waals surface area contributed by atoms with Crippen molar-refractivity contribution < 1.29 is 4.79 Å². The lowest BCUT2D eigenvalue weighted by Crippen LogP contribution is -2.29. The van der Waals surface area contributed by atoms with Crippen LogP contribution in [-0.4, -0.2) is 30.4 Å². The Morgan fingerprint density at radius 1 is 0.975 bits per heavy atom. The maximum Gasteiger partial charge on any atom is 0.320 e. The first kappa shape index (κ1) is 28.9. The summed E-state index contributed by atoms with van der Waals surface area (Å²) in [5, 5.41) is 19.4. The molecule has 2 N–H and O–H groups in total. The van der Waals surface area contributed by atoms with E-state index in [9.17, 15) is 4.79 Å². The number of pyridine rings is 1. The predicted molar refractivity (Wildman–Crippen MR) is 162 cm³/mol. The summed E-state index contributed by atoms with van der Waals surface area (Å²) in [6, 6.07) is 23.6. The Bertz CT molecular complexity index is 1600. The lowest BCUT2D eigenvalue weighted by molar-refractivity contribution is 0.251. The molecule has 0 saturated heterocycles. The Hall–Kier alpha value is -4.11. The van der Waals surface area contributed by atoms with Crippen molar-refractivity contribution in [1.82, 2.24) is 29.7 Å². The number of nitrogens with zero attached hydrogens (tertiary/aromatic N) is 5. The second-order valence-electron chi connectivity index (χ2n) is 10.7. The fourth-order valence-corrected chi connectivity index (χ4v) is 5.12. The van der Waals surface area contributed by atoms with E-state index in [1.165, 1.54) is 0 Å². The Kier molecular flexibility index (Phi) is 8.64. The molecule has 5 rings (SSSR count). The molecule has 0 unspecified atom stereocenters. The van der Waals surface area contributed by atoms with E-state index in [1.807, 2.05) is 71.1 Å². The molecule has 9 heteroatoms. The number of anilines is 1. The first-order valence-corrected chi connectivity index (χ1v) is 13.8. The van der Waals surface area contributed by atoms with Crippen LogP contribution in [0.5, 0.6) is 0 Å². The van der Waals surface area contributed by atoms with Crippen molar-refractivity contribution in [3.05, 3.63) is 96.1 Å². The van der Waals surface area contributed by atoms with Crippen molar-refractivity contribution in [2.45, 2.75) is 69.7 Å². The van der Waals surface area contributed by atoms with Gasteiger partial charge in [0.25, 0.3) is 0 Å². The lowest BCUT2D eigenvalue weighted by atomic mass is 9.92. The summed E-state index contributed by atoms with van der Waals surface area (Å²) in [5.41, 5.74) is 3.48. The van der Waals surface area contributed by atoms with Crippen molar-refractivity contribution in [2.75, 3.05) is 5.32 Å². The molecule has 0 aliphatic rings. The number of rotatable bonds is 7. The highest BCUT2D eigenvalue weighted by Gasteiger charge is 2.21. The van der Waals surface area contributed by atoms with Crippen molar-refractivity contribution in [3.63, 3.8) is 0 Å². The van der Waals surface area contributed by atoms with Crippen LogP contribution in [0.25, 0.3) is 11.3 Å². The maximum absolute atomic E-state index is 13.0. The fourth-order valence-electron chi connectivity index (χ4n) is 4.16. The molecule has 208 valence electrons. The number of hydrogen-bond acceptors (Lipinski definition) is 5. The summed E-state index contributed by atoms with van der Waals surface area (Å²) < 4.78 is 3.82. The zero-order chi connectivity index (χ0) is 27.6. The SMILES string of the molecule is C.CC(C)c1nnc2ccc(Sc3ccccc3CNC(=O)Nc3cc(C(C)(C)C)nn3-c3ccccc3)cn12. The lowest BCUT2D eigenvalue weighted by Gasteiger charge is -2.14. The number of benzene rings is 2. The van der Waals surface area contributed by atoms with Gasteiger partial charge in [0.05, 0.1) is 11.4 Å². The van der Waals surface area contributed by atoms with Crippen molar-refractivity contribution in [3.8, 4) is 5.69 Å². The van der Waals surface area contributed by atoms with Gasteiger partial charge in [0.1, 0.15) is 11.6 Å². The molecule has 40 heavy (non-hydrogen) atoms. The summed E-state index contributed by atoms with van der Waals surface area (Å²) in [6.07, 6.45) is 2.07. The van der Waals surface area contributed by atoms with Crippen LogP contribution in [0, 0.1) is 0 Å². The minimum atomic E-state index is -0.292. The number of nitrogens with one attached hydrogen (secondary N) is 2. The van der Waals surface area contributed by atoms with Crippen LogP contribution in [-0.2, 0) is 12.0 Å². The number of carbonyl (C=O) groups is 1. The number of carbonyl (C=O) groups excluding carboxylic acids is 1. The van der Waals surface area contributed by atoms with Crippen molar-refractivity contribution >= 4 is 29.3 Å². The molecule has 0 spiro atoms. The first-order valence-electron chi connectivity index (χ1n) is 13.0. The molecule has 8 nitrogen and oxygen atoms in total. The molecule has 3 aromatic heterocycles. The van der Waals surface area contributed by atoms with E-state index in [4.69, 9.17) is 5.10 Å². The van der Waals surface area contributed by atoms with Crippen LogP contribution < -0.4 is 10.6 Å². The number of para-hydroxylation sites is 1. The molecule has 5 aromatic rings. The van der Waals surface area contributed by atoms with Gasteiger partial charge in [-0.2, -0.15) is 5.10 Å². The van der Waals surface area contributed by atoms with E-state index in [0.29, 0.717) is 12.4 Å². The van der Waals surface area contributed by atoms with Crippen LogP contribution >= 0.6 is 11.8 Å². The van der Waals surface area contributed by atoms with Gasteiger partial charge in [-0.25, -0.2) is 9.48 Å². The highest BCUT2D eigenvalue weighted by molar-refractivity contribution is 7.99. The largest absolute Gasteiger partial charge is 0.334 e. The molecule has 2 aromatic carbocycles. The Labute approximate surface area is 240 Å². The molecule has 0 bridgehead atoms. The minimum absolute atomic E-state index is 0. The quantitative estimate of drug-likeness (QED) is 0.218. The van der Waals surface area contributed by atoms with E-state index in [-0.39, 0.29) is 24.8 Å².